The van der Waals surface area contributed by atoms with E-state index in [1.54, 1.807) is 0 Å². The molecule has 2 rings (SSSR count). The van der Waals surface area contributed by atoms with E-state index in [9.17, 15) is 4.79 Å². The monoisotopic (exact) mass is 282 g/mol. The highest BCUT2D eigenvalue weighted by atomic mass is 16.5. The molecule has 0 aromatic rings. The number of carbonyl (C=O) groups excluding carboxylic acids is 1. The SMILES string of the molecule is CCOC1CC(N)(C(=O)NC2CCC(C)(C)C2)C1(C)C. The second-order valence-electron chi connectivity index (χ2n) is 7.92. The number of hydrogen-bond donors (Lipinski definition) is 2. The zero-order valence-corrected chi connectivity index (χ0v) is 13.6. The molecule has 2 fully saturated rings. The summed E-state index contributed by atoms with van der Waals surface area (Å²) in [5, 5.41) is 3.18. The number of carbonyl (C=O) groups is 1. The van der Waals surface area contributed by atoms with Gasteiger partial charge in [0.1, 0.15) is 5.54 Å². The zero-order valence-electron chi connectivity index (χ0n) is 13.6. The lowest BCUT2D eigenvalue weighted by Crippen LogP contribution is -2.76. The molecule has 3 N–H and O–H groups in total. The topological polar surface area (TPSA) is 64.3 Å². The van der Waals surface area contributed by atoms with Crippen molar-refractivity contribution in [2.45, 2.75) is 78.0 Å². The first-order chi connectivity index (χ1) is 9.12. The Balaban J connectivity index is 1.96. The summed E-state index contributed by atoms with van der Waals surface area (Å²) < 4.78 is 5.68. The van der Waals surface area contributed by atoms with Crippen molar-refractivity contribution < 1.29 is 9.53 Å². The van der Waals surface area contributed by atoms with E-state index in [1.807, 2.05) is 20.8 Å². The van der Waals surface area contributed by atoms with Crippen LogP contribution in [-0.4, -0.2) is 30.2 Å². The molecule has 20 heavy (non-hydrogen) atoms. The molecule has 0 spiro atoms. The van der Waals surface area contributed by atoms with E-state index in [2.05, 4.69) is 19.2 Å². The smallest absolute Gasteiger partial charge is 0.241 e. The van der Waals surface area contributed by atoms with Crippen LogP contribution in [-0.2, 0) is 9.53 Å². The Labute approximate surface area is 122 Å². The van der Waals surface area contributed by atoms with Gasteiger partial charge in [-0.05, 0) is 31.6 Å². The number of nitrogens with two attached hydrogens (primary N) is 1. The third-order valence-corrected chi connectivity index (χ3v) is 5.54. The number of rotatable bonds is 4. The average molecular weight is 282 g/mol. The van der Waals surface area contributed by atoms with Crippen molar-refractivity contribution in [2.75, 3.05) is 6.61 Å². The molecule has 2 aliphatic carbocycles. The summed E-state index contributed by atoms with van der Waals surface area (Å²) >= 11 is 0. The van der Waals surface area contributed by atoms with Crippen LogP contribution in [0.2, 0.25) is 0 Å². The van der Waals surface area contributed by atoms with E-state index in [0.717, 1.165) is 12.8 Å². The van der Waals surface area contributed by atoms with E-state index in [-0.39, 0.29) is 23.5 Å². The number of nitrogens with one attached hydrogen (secondary N) is 1. The van der Waals surface area contributed by atoms with Crippen LogP contribution in [0, 0.1) is 10.8 Å². The highest BCUT2D eigenvalue weighted by Gasteiger charge is 2.63. The molecule has 0 saturated heterocycles. The first kappa shape index (κ1) is 15.8. The Hall–Kier alpha value is -0.610. The third kappa shape index (κ3) is 2.48. The molecule has 4 nitrogen and oxygen atoms in total. The van der Waals surface area contributed by atoms with Gasteiger partial charge in [-0.15, -0.1) is 0 Å². The van der Waals surface area contributed by atoms with Crippen LogP contribution in [0.3, 0.4) is 0 Å². The summed E-state index contributed by atoms with van der Waals surface area (Å²) in [6.07, 6.45) is 3.98. The minimum Gasteiger partial charge on any atom is -0.378 e. The second-order valence-corrected chi connectivity index (χ2v) is 7.92. The van der Waals surface area contributed by atoms with Crippen molar-refractivity contribution in [3.63, 3.8) is 0 Å². The quantitative estimate of drug-likeness (QED) is 0.831. The van der Waals surface area contributed by atoms with Crippen LogP contribution in [0.1, 0.15) is 60.3 Å². The van der Waals surface area contributed by atoms with Crippen molar-refractivity contribution in [2.24, 2.45) is 16.6 Å². The fraction of sp³-hybridized carbons (Fsp3) is 0.938. The van der Waals surface area contributed by atoms with Gasteiger partial charge in [-0.1, -0.05) is 27.7 Å². The van der Waals surface area contributed by atoms with Gasteiger partial charge in [0.05, 0.1) is 6.10 Å². The van der Waals surface area contributed by atoms with Gasteiger partial charge in [0.2, 0.25) is 5.91 Å². The van der Waals surface area contributed by atoms with Crippen molar-refractivity contribution in [1.29, 1.82) is 0 Å². The summed E-state index contributed by atoms with van der Waals surface area (Å²) in [6, 6.07) is 0.278. The minimum absolute atomic E-state index is 0.00107. The Morgan fingerprint density at radius 3 is 2.40 bits per heavy atom. The molecule has 1 amide bonds. The van der Waals surface area contributed by atoms with Crippen LogP contribution in [0.5, 0.6) is 0 Å². The maximum absolute atomic E-state index is 12.6. The van der Waals surface area contributed by atoms with E-state index in [0.29, 0.717) is 18.4 Å². The maximum Gasteiger partial charge on any atom is 0.241 e. The van der Waals surface area contributed by atoms with Gasteiger partial charge in [-0.3, -0.25) is 4.79 Å². The summed E-state index contributed by atoms with van der Waals surface area (Å²) in [5.74, 6) is 0.00107. The molecular weight excluding hydrogens is 252 g/mol. The van der Waals surface area contributed by atoms with Crippen LogP contribution < -0.4 is 11.1 Å². The molecule has 3 unspecified atom stereocenters. The molecule has 2 aliphatic rings. The van der Waals surface area contributed by atoms with E-state index < -0.39 is 5.54 Å². The van der Waals surface area contributed by atoms with Gasteiger partial charge in [-0.25, -0.2) is 0 Å². The highest BCUT2D eigenvalue weighted by molar-refractivity contribution is 5.89. The van der Waals surface area contributed by atoms with Crippen molar-refractivity contribution >= 4 is 5.91 Å². The van der Waals surface area contributed by atoms with Crippen LogP contribution >= 0.6 is 0 Å². The fourth-order valence-corrected chi connectivity index (χ4v) is 3.69. The van der Waals surface area contributed by atoms with Crippen LogP contribution in [0.15, 0.2) is 0 Å². The standard InChI is InChI=1S/C16H30N2O2/c1-6-20-12-10-16(17,15(12,4)5)13(19)18-11-7-8-14(2,3)9-11/h11-12H,6-10,17H2,1-5H3,(H,18,19). The van der Waals surface area contributed by atoms with E-state index >= 15 is 0 Å². The summed E-state index contributed by atoms with van der Waals surface area (Å²) in [6.45, 7) is 11.2. The third-order valence-electron chi connectivity index (χ3n) is 5.54. The highest BCUT2D eigenvalue weighted by Crippen LogP contribution is 2.50. The molecule has 3 atom stereocenters. The molecule has 0 bridgehead atoms. The summed E-state index contributed by atoms with van der Waals surface area (Å²) in [4.78, 5) is 12.6. The van der Waals surface area contributed by atoms with E-state index in [1.165, 1.54) is 6.42 Å². The molecule has 0 aromatic heterocycles. The maximum atomic E-state index is 12.6. The number of hydrogen-bond acceptors (Lipinski definition) is 3. The summed E-state index contributed by atoms with van der Waals surface area (Å²) in [5.41, 5.74) is 5.64. The Morgan fingerprint density at radius 2 is 1.95 bits per heavy atom. The molecule has 2 saturated carbocycles. The second kappa shape index (κ2) is 4.99. The molecule has 0 aromatic carbocycles. The van der Waals surface area contributed by atoms with Gasteiger partial charge in [0.15, 0.2) is 0 Å². The normalized spacial score (nSPS) is 38.3. The lowest BCUT2D eigenvalue weighted by atomic mass is 9.54. The van der Waals surface area contributed by atoms with Crippen molar-refractivity contribution in [1.82, 2.24) is 5.32 Å². The zero-order chi connectivity index (χ0) is 15.2. The van der Waals surface area contributed by atoms with Gasteiger partial charge < -0.3 is 15.8 Å². The van der Waals surface area contributed by atoms with Gasteiger partial charge in [-0.2, -0.15) is 0 Å². The first-order valence-electron chi connectivity index (χ1n) is 7.84. The van der Waals surface area contributed by atoms with Crippen LogP contribution in [0.4, 0.5) is 0 Å². The van der Waals surface area contributed by atoms with Gasteiger partial charge >= 0.3 is 0 Å². The van der Waals surface area contributed by atoms with Crippen LogP contribution in [0.25, 0.3) is 0 Å². The predicted molar refractivity (Wildman–Crippen MR) is 80.3 cm³/mol. The van der Waals surface area contributed by atoms with Crippen molar-refractivity contribution in [3.05, 3.63) is 0 Å². The predicted octanol–water partition coefficient (Wildman–Crippen LogP) is 2.21. The van der Waals surface area contributed by atoms with Gasteiger partial charge in [0, 0.05) is 24.5 Å². The Kier molecular flexibility index (Phi) is 3.93. The molecule has 0 aliphatic heterocycles. The molecule has 0 heterocycles. The first-order valence-corrected chi connectivity index (χ1v) is 7.84. The largest absolute Gasteiger partial charge is 0.378 e. The number of ether oxygens (including phenoxy) is 1. The molecule has 116 valence electrons. The van der Waals surface area contributed by atoms with E-state index in [4.69, 9.17) is 10.5 Å². The average Bonchev–Trinajstić information content (AvgIpc) is 2.68. The minimum atomic E-state index is -0.792. The van der Waals surface area contributed by atoms with Gasteiger partial charge in [0.25, 0.3) is 0 Å². The molecule has 0 radical (unpaired) electrons. The van der Waals surface area contributed by atoms with Crippen molar-refractivity contribution in [3.8, 4) is 0 Å². The number of amides is 1. The lowest BCUT2D eigenvalue weighted by molar-refractivity contribution is -0.171. The summed E-state index contributed by atoms with van der Waals surface area (Å²) in [7, 11) is 0. The fourth-order valence-electron chi connectivity index (χ4n) is 3.69. The Morgan fingerprint density at radius 1 is 1.30 bits per heavy atom. The lowest BCUT2D eigenvalue weighted by Gasteiger charge is -2.57. The molecule has 4 heteroatoms. The Bertz CT molecular complexity index is 392. The molecular formula is C16H30N2O2.